The van der Waals surface area contributed by atoms with Gasteiger partial charge in [-0.05, 0) is 48.5 Å². The Balaban J connectivity index is 0.00000128. The summed E-state index contributed by atoms with van der Waals surface area (Å²) < 4.78 is 5.60. The van der Waals surface area contributed by atoms with Crippen molar-refractivity contribution in [3.63, 3.8) is 0 Å². The van der Waals surface area contributed by atoms with Gasteiger partial charge in [0.25, 0.3) is 0 Å². The van der Waals surface area contributed by atoms with E-state index in [0.29, 0.717) is 5.02 Å². The molecule has 0 saturated carbocycles. The summed E-state index contributed by atoms with van der Waals surface area (Å²) in [7, 11) is 0. The van der Waals surface area contributed by atoms with Crippen LogP contribution in [0, 0.1) is 0 Å². The summed E-state index contributed by atoms with van der Waals surface area (Å²) in [5.74, 6) is 1.56. The molecule has 2 rings (SSSR count). The van der Waals surface area contributed by atoms with Gasteiger partial charge in [-0.15, -0.1) is 12.6 Å². The molecule has 0 atom stereocenters. The summed E-state index contributed by atoms with van der Waals surface area (Å²) in [5.41, 5.74) is 0. The van der Waals surface area contributed by atoms with Gasteiger partial charge in [0, 0.05) is 9.92 Å². The van der Waals surface area contributed by atoms with E-state index in [1.54, 1.807) is 12.1 Å². The van der Waals surface area contributed by atoms with E-state index in [4.69, 9.17) is 16.3 Å². The molecule has 0 amide bonds. The number of thiol groups is 1. The third-order valence-corrected chi connectivity index (χ3v) is 2.44. The van der Waals surface area contributed by atoms with Crippen LogP contribution in [0.1, 0.15) is 0 Å². The fraction of sp³-hybridized carbons (Fsp3) is 0. The van der Waals surface area contributed by atoms with Gasteiger partial charge < -0.3 is 4.74 Å². The molecule has 5 heteroatoms. The maximum absolute atomic E-state index is 5.77. The van der Waals surface area contributed by atoms with Crippen molar-refractivity contribution in [2.24, 2.45) is 0 Å². The zero-order chi connectivity index (χ0) is 10.7. The molecule has 0 N–H and O–H groups in total. The van der Waals surface area contributed by atoms with Crippen LogP contribution in [0.3, 0.4) is 0 Å². The van der Waals surface area contributed by atoms with E-state index < -0.39 is 0 Å². The first-order valence-electron chi connectivity index (χ1n) is 4.46. The van der Waals surface area contributed by atoms with Gasteiger partial charge in [-0.2, -0.15) is 0 Å². The van der Waals surface area contributed by atoms with Crippen LogP contribution in [0.25, 0.3) is 0 Å². The van der Waals surface area contributed by atoms with Crippen molar-refractivity contribution >= 4 is 60.5 Å². The molecular weight excluding hydrogens is 262 g/mol. The number of benzene rings is 2. The summed E-state index contributed by atoms with van der Waals surface area (Å²) in [5, 5.41) is 0.702. The monoisotopic (exact) mass is 274 g/mol. The minimum absolute atomic E-state index is 0. The van der Waals surface area contributed by atoms with Crippen molar-refractivity contribution in [3.8, 4) is 11.5 Å². The predicted octanol–water partition coefficient (Wildman–Crippen LogP) is 2.59. The summed E-state index contributed by atoms with van der Waals surface area (Å²) >= 11 is 9.97. The van der Waals surface area contributed by atoms with Gasteiger partial charge in [0.05, 0.1) is 0 Å². The first kappa shape index (κ1) is 17.0. The van der Waals surface area contributed by atoms with Crippen molar-refractivity contribution in [2.75, 3.05) is 0 Å². The molecule has 0 bridgehead atoms. The molecule has 17 heavy (non-hydrogen) atoms. The van der Waals surface area contributed by atoms with Gasteiger partial charge in [-0.1, -0.05) is 11.6 Å². The Morgan fingerprint density at radius 2 is 1.24 bits per heavy atom. The average molecular weight is 275 g/mol. The second kappa shape index (κ2) is 8.17. The second-order valence-corrected chi connectivity index (χ2v) is 4.00. The quantitative estimate of drug-likeness (QED) is 0.654. The number of hydrogen-bond acceptors (Lipinski definition) is 2. The minimum atomic E-state index is 0. The molecule has 0 radical (unpaired) electrons. The van der Waals surface area contributed by atoms with E-state index in [0.717, 1.165) is 16.4 Å². The molecule has 0 heterocycles. The molecule has 84 valence electrons. The van der Waals surface area contributed by atoms with Crippen LogP contribution >= 0.6 is 24.2 Å². The Bertz CT molecular complexity index is 404. The normalized spacial score (nSPS) is 8.82. The first-order valence-corrected chi connectivity index (χ1v) is 5.29. The van der Waals surface area contributed by atoms with Gasteiger partial charge >= 0.3 is 18.9 Å². The van der Waals surface area contributed by atoms with E-state index >= 15 is 0 Å². The first-order chi connectivity index (χ1) is 7.24. The Labute approximate surface area is 134 Å². The van der Waals surface area contributed by atoms with Crippen molar-refractivity contribution in [1.29, 1.82) is 0 Å². The molecule has 2 aromatic rings. The predicted molar refractivity (Wildman–Crippen MR) is 82.3 cm³/mol. The standard InChI is InChI=1S/C12H9ClOS.Al.Li.4H/c13-9-1-3-10(4-2-9)14-11-5-7-12(15)8-6-11;;;;;;/h1-8,15H;;;;;;. The van der Waals surface area contributed by atoms with Crippen LogP contribution in [0.15, 0.2) is 53.4 Å². The second-order valence-electron chi connectivity index (χ2n) is 3.05. The molecule has 0 aliphatic carbocycles. The fourth-order valence-corrected chi connectivity index (χ4v) is 1.43. The molecular formula is C12H13AlClLiOS. The molecule has 2 aromatic carbocycles. The SMILES string of the molecule is Sc1ccc(Oc2ccc(Cl)cc2)cc1.[AlH3].[LiH]. The number of ether oxygens (including phenoxy) is 1. The third-order valence-electron chi connectivity index (χ3n) is 1.89. The van der Waals surface area contributed by atoms with E-state index in [1.165, 1.54) is 0 Å². The zero-order valence-electron chi connectivity index (χ0n) is 7.85. The summed E-state index contributed by atoms with van der Waals surface area (Å²) in [6.45, 7) is 0. The topological polar surface area (TPSA) is 9.23 Å². The Morgan fingerprint density at radius 3 is 1.71 bits per heavy atom. The van der Waals surface area contributed by atoms with E-state index in [1.807, 2.05) is 36.4 Å². The molecule has 0 fully saturated rings. The summed E-state index contributed by atoms with van der Waals surface area (Å²) in [6.07, 6.45) is 0. The Kier molecular flexibility index (Phi) is 8.18. The van der Waals surface area contributed by atoms with Gasteiger partial charge in [0.2, 0.25) is 0 Å². The van der Waals surface area contributed by atoms with E-state index in [9.17, 15) is 0 Å². The molecule has 0 spiro atoms. The Morgan fingerprint density at radius 1 is 0.824 bits per heavy atom. The molecule has 0 unspecified atom stereocenters. The molecule has 1 nitrogen and oxygen atoms in total. The number of hydrogen-bond donors (Lipinski definition) is 1. The summed E-state index contributed by atoms with van der Waals surface area (Å²) in [4.78, 5) is 0.915. The van der Waals surface area contributed by atoms with Gasteiger partial charge in [-0.3, -0.25) is 0 Å². The molecule has 0 saturated heterocycles. The van der Waals surface area contributed by atoms with Crippen LogP contribution in [0.4, 0.5) is 0 Å². The van der Waals surface area contributed by atoms with Crippen molar-refractivity contribution in [1.82, 2.24) is 0 Å². The average Bonchev–Trinajstić information content (AvgIpc) is 2.25. The van der Waals surface area contributed by atoms with Gasteiger partial charge in [-0.25, -0.2) is 0 Å². The van der Waals surface area contributed by atoms with Gasteiger partial charge in [0.15, 0.2) is 17.4 Å². The van der Waals surface area contributed by atoms with Crippen LogP contribution in [-0.2, 0) is 0 Å². The number of rotatable bonds is 2. The third kappa shape index (κ3) is 5.45. The maximum atomic E-state index is 5.77. The van der Waals surface area contributed by atoms with Crippen molar-refractivity contribution < 1.29 is 4.74 Å². The fourth-order valence-electron chi connectivity index (χ4n) is 1.15. The van der Waals surface area contributed by atoms with Crippen LogP contribution in [-0.4, -0.2) is 36.2 Å². The van der Waals surface area contributed by atoms with Crippen LogP contribution in [0.5, 0.6) is 11.5 Å². The van der Waals surface area contributed by atoms with Crippen molar-refractivity contribution in [2.45, 2.75) is 4.90 Å². The van der Waals surface area contributed by atoms with E-state index in [2.05, 4.69) is 12.6 Å². The summed E-state index contributed by atoms with van der Waals surface area (Å²) in [6, 6.07) is 14.8. The van der Waals surface area contributed by atoms with E-state index in [-0.39, 0.29) is 36.2 Å². The molecule has 0 aromatic heterocycles. The molecule has 0 aliphatic heterocycles. The van der Waals surface area contributed by atoms with Crippen LogP contribution in [0.2, 0.25) is 5.02 Å². The van der Waals surface area contributed by atoms with Crippen molar-refractivity contribution in [3.05, 3.63) is 53.6 Å². The Hall–Kier alpha value is 0.00987. The van der Waals surface area contributed by atoms with Gasteiger partial charge in [0.1, 0.15) is 11.5 Å². The zero-order valence-corrected chi connectivity index (χ0v) is 9.50. The number of halogens is 1. The van der Waals surface area contributed by atoms with Crippen LogP contribution < -0.4 is 4.74 Å². The molecule has 0 aliphatic rings.